The molecule has 0 heterocycles. The van der Waals surface area contributed by atoms with E-state index < -0.39 is 0 Å². The Bertz CT molecular complexity index is 350. The first kappa shape index (κ1) is 14.1. The Morgan fingerprint density at radius 2 is 1.88 bits per heavy atom. The number of hydrogen-bond acceptors (Lipinski definition) is 2. The molecular formula is C14H23FN2. The van der Waals surface area contributed by atoms with Crippen LogP contribution in [0, 0.1) is 5.82 Å². The van der Waals surface area contributed by atoms with Gasteiger partial charge in [-0.15, -0.1) is 0 Å². The lowest BCUT2D eigenvalue weighted by atomic mass is 10.1. The molecule has 3 heteroatoms. The number of nitrogens with two attached hydrogens (primary N) is 1. The van der Waals surface area contributed by atoms with Crippen molar-refractivity contribution in [3.8, 4) is 0 Å². The highest BCUT2D eigenvalue weighted by molar-refractivity contribution is 5.24. The number of halogens is 1. The average molecular weight is 238 g/mol. The van der Waals surface area contributed by atoms with Crippen LogP contribution < -0.4 is 5.73 Å². The van der Waals surface area contributed by atoms with Gasteiger partial charge in [0.05, 0.1) is 0 Å². The Morgan fingerprint density at radius 3 is 2.41 bits per heavy atom. The van der Waals surface area contributed by atoms with Crippen molar-refractivity contribution in [2.75, 3.05) is 6.54 Å². The van der Waals surface area contributed by atoms with E-state index in [1.165, 1.54) is 6.07 Å². The van der Waals surface area contributed by atoms with Crippen LogP contribution in [0.25, 0.3) is 0 Å². The van der Waals surface area contributed by atoms with Crippen molar-refractivity contribution < 1.29 is 4.39 Å². The zero-order chi connectivity index (χ0) is 12.8. The molecular weight excluding hydrogens is 215 g/mol. The third kappa shape index (κ3) is 4.44. The van der Waals surface area contributed by atoms with Gasteiger partial charge in [-0.2, -0.15) is 0 Å². The molecule has 0 bridgehead atoms. The van der Waals surface area contributed by atoms with Crippen LogP contribution in [0.2, 0.25) is 0 Å². The van der Waals surface area contributed by atoms with Gasteiger partial charge in [-0.3, -0.25) is 4.90 Å². The van der Waals surface area contributed by atoms with Crippen LogP contribution in [0.3, 0.4) is 0 Å². The van der Waals surface area contributed by atoms with Gasteiger partial charge in [0.2, 0.25) is 0 Å². The molecule has 2 N–H and O–H groups in total. The van der Waals surface area contributed by atoms with Crippen molar-refractivity contribution in [3.63, 3.8) is 0 Å². The topological polar surface area (TPSA) is 29.3 Å². The van der Waals surface area contributed by atoms with Crippen LogP contribution in [-0.4, -0.2) is 17.5 Å². The van der Waals surface area contributed by atoms with Crippen molar-refractivity contribution in [3.05, 3.63) is 35.1 Å². The van der Waals surface area contributed by atoms with Crippen LogP contribution >= 0.6 is 0 Å². The molecule has 0 spiro atoms. The predicted octanol–water partition coefficient (Wildman–Crippen LogP) is 2.90. The Hall–Kier alpha value is -0.930. The highest BCUT2D eigenvalue weighted by Gasteiger charge is 2.10. The summed E-state index contributed by atoms with van der Waals surface area (Å²) in [5, 5.41) is 0. The SMILES string of the molecule is CCCN(Cc1cc(F)cc(CN)c1)C(C)C. The smallest absolute Gasteiger partial charge is 0.123 e. The third-order valence-corrected chi connectivity index (χ3v) is 2.88. The first-order valence-corrected chi connectivity index (χ1v) is 6.29. The molecule has 0 atom stereocenters. The predicted molar refractivity (Wildman–Crippen MR) is 70.1 cm³/mol. The normalized spacial score (nSPS) is 11.5. The van der Waals surface area contributed by atoms with Gasteiger partial charge in [-0.25, -0.2) is 4.39 Å². The summed E-state index contributed by atoms with van der Waals surface area (Å²) in [4.78, 5) is 2.34. The Labute approximate surface area is 104 Å². The Morgan fingerprint density at radius 1 is 1.24 bits per heavy atom. The lowest BCUT2D eigenvalue weighted by Gasteiger charge is -2.26. The van der Waals surface area contributed by atoms with Gasteiger partial charge in [0.15, 0.2) is 0 Å². The molecule has 0 aliphatic rings. The second kappa shape index (κ2) is 6.72. The van der Waals surface area contributed by atoms with Crippen molar-refractivity contribution in [2.45, 2.75) is 46.3 Å². The minimum Gasteiger partial charge on any atom is -0.326 e. The average Bonchev–Trinajstić information content (AvgIpc) is 2.27. The summed E-state index contributed by atoms with van der Waals surface area (Å²) in [6.07, 6.45) is 1.11. The molecule has 1 aromatic carbocycles. The van der Waals surface area contributed by atoms with Crippen LogP contribution in [0.15, 0.2) is 18.2 Å². The fourth-order valence-electron chi connectivity index (χ4n) is 1.97. The van der Waals surface area contributed by atoms with Gasteiger partial charge < -0.3 is 5.73 Å². The Kier molecular flexibility index (Phi) is 5.59. The van der Waals surface area contributed by atoms with Crippen LogP contribution in [-0.2, 0) is 13.1 Å². The molecule has 0 fully saturated rings. The lowest BCUT2D eigenvalue weighted by Crippen LogP contribution is -2.31. The third-order valence-electron chi connectivity index (χ3n) is 2.88. The number of rotatable bonds is 6. The Balaban J connectivity index is 2.81. The van der Waals surface area contributed by atoms with Crippen molar-refractivity contribution in [1.82, 2.24) is 4.90 Å². The fourth-order valence-corrected chi connectivity index (χ4v) is 1.97. The second-order valence-corrected chi connectivity index (χ2v) is 4.74. The first-order valence-electron chi connectivity index (χ1n) is 6.29. The summed E-state index contributed by atoms with van der Waals surface area (Å²) < 4.78 is 13.4. The number of hydrogen-bond donors (Lipinski definition) is 1. The van der Waals surface area contributed by atoms with E-state index in [9.17, 15) is 4.39 Å². The molecule has 1 aromatic rings. The van der Waals surface area contributed by atoms with E-state index in [-0.39, 0.29) is 5.82 Å². The van der Waals surface area contributed by atoms with Crippen LogP contribution in [0.1, 0.15) is 38.3 Å². The zero-order valence-electron chi connectivity index (χ0n) is 11.0. The first-order chi connectivity index (χ1) is 8.06. The molecule has 0 radical (unpaired) electrons. The standard InChI is InChI=1S/C14H23FN2/c1-4-5-17(11(2)3)10-13-6-12(9-16)7-14(15)8-13/h6-8,11H,4-5,9-10,16H2,1-3H3. The van der Waals surface area contributed by atoms with Crippen molar-refractivity contribution in [1.29, 1.82) is 0 Å². The summed E-state index contributed by atoms with van der Waals surface area (Å²) in [6.45, 7) is 8.70. The summed E-state index contributed by atoms with van der Waals surface area (Å²) in [5.74, 6) is -0.192. The molecule has 0 unspecified atom stereocenters. The lowest BCUT2D eigenvalue weighted by molar-refractivity contribution is 0.213. The number of nitrogens with zero attached hydrogens (tertiary/aromatic N) is 1. The van der Waals surface area contributed by atoms with Gasteiger partial charge in [-0.05, 0) is 50.1 Å². The highest BCUT2D eigenvalue weighted by Crippen LogP contribution is 2.13. The van der Waals surface area contributed by atoms with Crippen molar-refractivity contribution >= 4 is 0 Å². The van der Waals surface area contributed by atoms with E-state index in [0.717, 1.165) is 30.6 Å². The maximum Gasteiger partial charge on any atom is 0.123 e. The summed E-state index contributed by atoms with van der Waals surface area (Å²) in [5.41, 5.74) is 7.42. The van der Waals surface area contributed by atoms with Crippen LogP contribution in [0.5, 0.6) is 0 Å². The van der Waals surface area contributed by atoms with E-state index >= 15 is 0 Å². The molecule has 17 heavy (non-hydrogen) atoms. The monoisotopic (exact) mass is 238 g/mol. The molecule has 0 aliphatic carbocycles. The van der Waals surface area contributed by atoms with Gasteiger partial charge in [-0.1, -0.05) is 13.0 Å². The van der Waals surface area contributed by atoms with E-state index in [2.05, 4.69) is 25.7 Å². The molecule has 0 aromatic heterocycles. The van der Waals surface area contributed by atoms with E-state index in [4.69, 9.17) is 5.73 Å². The quantitative estimate of drug-likeness (QED) is 0.825. The minimum absolute atomic E-state index is 0.192. The van der Waals surface area contributed by atoms with E-state index in [1.54, 1.807) is 6.07 Å². The van der Waals surface area contributed by atoms with E-state index in [0.29, 0.717) is 12.6 Å². The molecule has 1 rings (SSSR count). The van der Waals surface area contributed by atoms with Gasteiger partial charge >= 0.3 is 0 Å². The molecule has 0 amide bonds. The number of benzene rings is 1. The fraction of sp³-hybridized carbons (Fsp3) is 0.571. The molecule has 0 saturated carbocycles. The van der Waals surface area contributed by atoms with Gasteiger partial charge in [0, 0.05) is 19.1 Å². The highest BCUT2D eigenvalue weighted by atomic mass is 19.1. The van der Waals surface area contributed by atoms with Gasteiger partial charge in [0.25, 0.3) is 0 Å². The summed E-state index contributed by atoms with van der Waals surface area (Å²) >= 11 is 0. The van der Waals surface area contributed by atoms with Crippen LogP contribution in [0.4, 0.5) is 4.39 Å². The molecule has 0 aliphatic heterocycles. The maximum absolute atomic E-state index is 13.4. The van der Waals surface area contributed by atoms with E-state index in [1.807, 2.05) is 6.07 Å². The molecule has 2 nitrogen and oxygen atoms in total. The summed E-state index contributed by atoms with van der Waals surface area (Å²) in [6, 6.07) is 5.57. The summed E-state index contributed by atoms with van der Waals surface area (Å²) in [7, 11) is 0. The maximum atomic E-state index is 13.4. The zero-order valence-corrected chi connectivity index (χ0v) is 11.0. The minimum atomic E-state index is -0.192. The molecule has 0 saturated heterocycles. The molecule has 96 valence electrons. The second-order valence-electron chi connectivity index (χ2n) is 4.74. The van der Waals surface area contributed by atoms with Gasteiger partial charge in [0.1, 0.15) is 5.82 Å². The van der Waals surface area contributed by atoms with Crippen molar-refractivity contribution in [2.24, 2.45) is 5.73 Å². The largest absolute Gasteiger partial charge is 0.326 e.